The topological polar surface area (TPSA) is 71.0 Å². The number of nitrogens with one attached hydrogen (secondary N) is 1. The van der Waals surface area contributed by atoms with Gasteiger partial charge in [-0.15, -0.1) is 6.58 Å². The second kappa shape index (κ2) is 9.54. The van der Waals surface area contributed by atoms with Gasteiger partial charge in [-0.25, -0.2) is 4.99 Å². The number of hydrogen-bond donors (Lipinski definition) is 1. The van der Waals surface area contributed by atoms with Crippen LogP contribution in [0.15, 0.2) is 35.8 Å². The number of amidine groups is 1. The SMILES string of the molecule is C=CCN1C(=O)[C@@H](CC(=O)NCCOC)SC1=Nc1ccc(C)c(C)c1. The normalized spacial score (nSPS) is 18.4. The minimum absolute atomic E-state index is 0.112. The summed E-state index contributed by atoms with van der Waals surface area (Å²) in [4.78, 5) is 30.9. The van der Waals surface area contributed by atoms with E-state index in [0.717, 1.165) is 11.3 Å². The Hall–Kier alpha value is -2.12. The maximum Gasteiger partial charge on any atom is 0.242 e. The Balaban J connectivity index is 2.14. The van der Waals surface area contributed by atoms with Gasteiger partial charge in [-0.05, 0) is 37.1 Å². The van der Waals surface area contributed by atoms with Crippen LogP contribution in [0.5, 0.6) is 0 Å². The summed E-state index contributed by atoms with van der Waals surface area (Å²) in [5.41, 5.74) is 3.13. The van der Waals surface area contributed by atoms with E-state index in [1.165, 1.54) is 17.3 Å². The van der Waals surface area contributed by atoms with Crippen LogP contribution in [-0.2, 0) is 14.3 Å². The first-order valence-electron chi connectivity index (χ1n) is 8.46. The van der Waals surface area contributed by atoms with E-state index in [1.54, 1.807) is 18.1 Å². The maximum absolute atomic E-state index is 12.7. The zero-order chi connectivity index (χ0) is 19.1. The van der Waals surface area contributed by atoms with Crippen molar-refractivity contribution in [1.29, 1.82) is 0 Å². The van der Waals surface area contributed by atoms with Crippen LogP contribution in [0.1, 0.15) is 17.5 Å². The lowest BCUT2D eigenvalue weighted by molar-refractivity contribution is -0.129. The lowest BCUT2D eigenvalue weighted by Gasteiger charge is -2.14. The molecule has 0 aromatic heterocycles. The fourth-order valence-electron chi connectivity index (χ4n) is 2.46. The molecule has 7 heteroatoms. The summed E-state index contributed by atoms with van der Waals surface area (Å²) in [6.07, 6.45) is 1.78. The molecule has 0 bridgehead atoms. The highest BCUT2D eigenvalue weighted by atomic mass is 32.2. The molecule has 1 aromatic rings. The molecule has 26 heavy (non-hydrogen) atoms. The monoisotopic (exact) mass is 375 g/mol. The summed E-state index contributed by atoms with van der Waals surface area (Å²) in [5.74, 6) is -0.279. The first-order chi connectivity index (χ1) is 12.5. The van der Waals surface area contributed by atoms with Crippen LogP contribution < -0.4 is 5.32 Å². The fourth-order valence-corrected chi connectivity index (χ4v) is 3.63. The van der Waals surface area contributed by atoms with Crippen molar-refractivity contribution in [2.45, 2.75) is 25.5 Å². The number of rotatable bonds is 8. The Morgan fingerprint density at radius 2 is 2.19 bits per heavy atom. The summed E-state index contributed by atoms with van der Waals surface area (Å²) in [6, 6.07) is 5.93. The predicted molar refractivity (Wildman–Crippen MR) is 106 cm³/mol. The van der Waals surface area contributed by atoms with Crippen LogP contribution in [0.2, 0.25) is 0 Å². The van der Waals surface area contributed by atoms with E-state index < -0.39 is 5.25 Å². The zero-order valence-electron chi connectivity index (χ0n) is 15.4. The van der Waals surface area contributed by atoms with Crippen LogP contribution in [0.25, 0.3) is 0 Å². The summed E-state index contributed by atoms with van der Waals surface area (Å²) in [5, 5.41) is 2.88. The number of hydrogen-bond acceptors (Lipinski definition) is 5. The van der Waals surface area contributed by atoms with Gasteiger partial charge in [0.1, 0.15) is 5.25 Å². The molecule has 2 amide bonds. The van der Waals surface area contributed by atoms with Crippen molar-refractivity contribution < 1.29 is 14.3 Å². The molecular formula is C19H25N3O3S. The third-order valence-electron chi connectivity index (χ3n) is 4.05. The van der Waals surface area contributed by atoms with Gasteiger partial charge >= 0.3 is 0 Å². The number of methoxy groups -OCH3 is 1. The van der Waals surface area contributed by atoms with Crippen LogP contribution >= 0.6 is 11.8 Å². The van der Waals surface area contributed by atoms with Gasteiger partial charge in [-0.1, -0.05) is 23.9 Å². The highest BCUT2D eigenvalue weighted by Gasteiger charge is 2.38. The van der Waals surface area contributed by atoms with E-state index in [4.69, 9.17) is 4.74 Å². The third kappa shape index (κ3) is 5.19. The standard InChI is InChI=1S/C19H25N3O3S/c1-5-9-22-18(24)16(12-17(23)20-8-10-25-4)26-19(22)21-15-7-6-13(2)14(3)11-15/h5-7,11,16H,1,8-10,12H2,2-4H3,(H,20,23)/t16-/m1/s1. The largest absolute Gasteiger partial charge is 0.383 e. The summed E-state index contributed by atoms with van der Waals surface area (Å²) in [7, 11) is 1.57. The van der Waals surface area contributed by atoms with Gasteiger partial charge in [-0.2, -0.15) is 0 Å². The molecule has 1 atom stereocenters. The number of carbonyl (C=O) groups excluding carboxylic acids is 2. The second-order valence-corrected chi connectivity index (χ2v) is 7.22. The summed E-state index contributed by atoms with van der Waals surface area (Å²) in [6.45, 7) is 9.03. The van der Waals surface area contributed by atoms with Gasteiger partial charge < -0.3 is 10.1 Å². The first kappa shape index (κ1) is 20.2. The van der Waals surface area contributed by atoms with Gasteiger partial charge in [-0.3, -0.25) is 14.5 Å². The second-order valence-electron chi connectivity index (χ2n) is 6.05. The van der Waals surface area contributed by atoms with E-state index in [1.807, 2.05) is 32.0 Å². The lowest BCUT2D eigenvalue weighted by atomic mass is 10.1. The maximum atomic E-state index is 12.7. The number of benzene rings is 1. The Morgan fingerprint density at radius 1 is 1.42 bits per heavy atom. The lowest BCUT2D eigenvalue weighted by Crippen LogP contribution is -2.35. The zero-order valence-corrected chi connectivity index (χ0v) is 16.3. The number of ether oxygens (including phenoxy) is 1. The Morgan fingerprint density at radius 3 is 2.85 bits per heavy atom. The third-order valence-corrected chi connectivity index (χ3v) is 5.22. The molecule has 1 aromatic carbocycles. The van der Waals surface area contributed by atoms with Crippen molar-refractivity contribution in [1.82, 2.24) is 10.2 Å². The van der Waals surface area contributed by atoms with Crippen molar-refractivity contribution in [3.63, 3.8) is 0 Å². The van der Waals surface area contributed by atoms with Gasteiger partial charge in [0.05, 0.1) is 12.3 Å². The molecule has 6 nitrogen and oxygen atoms in total. The van der Waals surface area contributed by atoms with Crippen LogP contribution in [-0.4, -0.2) is 53.9 Å². The van der Waals surface area contributed by atoms with Gasteiger partial charge in [0.2, 0.25) is 11.8 Å². The van der Waals surface area contributed by atoms with E-state index in [-0.39, 0.29) is 18.2 Å². The number of amides is 2. The van der Waals surface area contributed by atoms with E-state index in [0.29, 0.717) is 24.9 Å². The Bertz CT molecular complexity index is 718. The minimum Gasteiger partial charge on any atom is -0.383 e. The van der Waals surface area contributed by atoms with Crippen molar-refractivity contribution in [2.75, 3.05) is 26.8 Å². The van der Waals surface area contributed by atoms with Crippen molar-refractivity contribution in [3.05, 3.63) is 42.0 Å². The molecule has 1 fully saturated rings. The van der Waals surface area contributed by atoms with Crippen LogP contribution in [0, 0.1) is 13.8 Å². The van der Waals surface area contributed by atoms with E-state index in [2.05, 4.69) is 16.9 Å². The van der Waals surface area contributed by atoms with Gasteiger partial charge in [0.25, 0.3) is 0 Å². The van der Waals surface area contributed by atoms with Crippen LogP contribution in [0.3, 0.4) is 0 Å². The van der Waals surface area contributed by atoms with Gasteiger partial charge in [0, 0.05) is 26.6 Å². The number of thioether (sulfide) groups is 1. The Labute approximate surface area is 158 Å². The average Bonchev–Trinajstić information content (AvgIpc) is 2.87. The highest BCUT2D eigenvalue weighted by molar-refractivity contribution is 8.15. The van der Waals surface area contributed by atoms with Crippen LogP contribution in [0.4, 0.5) is 5.69 Å². The number of aryl methyl sites for hydroxylation is 2. The fraction of sp³-hybridized carbons (Fsp3) is 0.421. The number of nitrogens with zero attached hydrogens (tertiary/aromatic N) is 2. The quantitative estimate of drug-likeness (QED) is 0.560. The molecule has 1 N–H and O–H groups in total. The molecule has 0 spiro atoms. The molecule has 2 rings (SSSR count). The van der Waals surface area contributed by atoms with Crippen molar-refractivity contribution >= 4 is 34.4 Å². The van der Waals surface area contributed by atoms with Crippen molar-refractivity contribution in [3.8, 4) is 0 Å². The molecule has 0 saturated carbocycles. The minimum atomic E-state index is -0.470. The number of aliphatic imine (C=N–C) groups is 1. The molecule has 0 unspecified atom stereocenters. The van der Waals surface area contributed by atoms with E-state index in [9.17, 15) is 9.59 Å². The molecule has 1 aliphatic rings. The predicted octanol–water partition coefficient (Wildman–Crippen LogP) is 2.57. The summed E-state index contributed by atoms with van der Waals surface area (Å²) >= 11 is 1.33. The molecular weight excluding hydrogens is 350 g/mol. The first-order valence-corrected chi connectivity index (χ1v) is 9.34. The van der Waals surface area contributed by atoms with Crippen molar-refractivity contribution in [2.24, 2.45) is 4.99 Å². The molecule has 1 saturated heterocycles. The smallest absolute Gasteiger partial charge is 0.242 e. The van der Waals surface area contributed by atoms with E-state index >= 15 is 0 Å². The number of carbonyl (C=O) groups is 2. The Kier molecular flexibility index (Phi) is 7.41. The average molecular weight is 375 g/mol. The molecule has 0 radical (unpaired) electrons. The molecule has 1 aliphatic heterocycles. The molecule has 140 valence electrons. The van der Waals surface area contributed by atoms with Gasteiger partial charge in [0.15, 0.2) is 5.17 Å². The highest BCUT2D eigenvalue weighted by Crippen LogP contribution is 2.31. The summed E-state index contributed by atoms with van der Waals surface area (Å²) < 4.78 is 4.91. The molecule has 0 aliphatic carbocycles. The molecule has 1 heterocycles.